The van der Waals surface area contributed by atoms with E-state index in [-0.39, 0.29) is 12.0 Å². The van der Waals surface area contributed by atoms with Crippen molar-refractivity contribution in [3.63, 3.8) is 0 Å². The average Bonchev–Trinajstić information content (AvgIpc) is 3.19. The van der Waals surface area contributed by atoms with Crippen LogP contribution in [0.25, 0.3) is 0 Å². The third kappa shape index (κ3) is 3.72. The number of allylic oxidation sites excluding steroid dienone is 2. The number of amides is 1. The number of aryl methyl sites for hydroxylation is 2. The fourth-order valence-electron chi connectivity index (χ4n) is 3.78. The molecular weight excluding hydrogens is 302 g/mol. The van der Waals surface area contributed by atoms with Gasteiger partial charge in [-0.15, -0.1) is 0 Å². The van der Waals surface area contributed by atoms with Crippen LogP contribution in [0.4, 0.5) is 0 Å². The molecule has 0 bridgehead atoms. The molecule has 132 valence electrons. The largest absolute Gasteiger partial charge is 0.368 e. The minimum absolute atomic E-state index is 0.157. The predicted molar refractivity (Wildman–Crippen MR) is 93.6 cm³/mol. The number of nitrogens with zero attached hydrogens (tertiary/aromatic N) is 3. The molecule has 1 fully saturated rings. The quantitative estimate of drug-likeness (QED) is 0.780. The van der Waals surface area contributed by atoms with E-state index >= 15 is 0 Å². The van der Waals surface area contributed by atoms with Gasteiger partial charge >= 0.3 is 0 Å². The molecule has 1 aromatic rings. The molecule has 1 saturated heterocycles. The van der Waals surface area contributed by atoms with Gasteiger partial charge in [0, 0.05) is 38.0 Å². The number of ether oxygens (including phenoxy) is 1. The summed E-state index contributed by atoms with van der Waals surface area (Å²) in [5.74, 6) is 0.711. The first-order valence-electron chi connectivity index (χ1n) is 9.10. The molecule has 1 aliphatic heterocycles. The highest BCUT2D eigenvalue weighted by atomic mass is 16.5. The summed E-state index contributed by atoms with van der Waals surface area (Å²) < 4.78 is 7.57. The lowest BCUT2D eigenvalue weighted by atomic mass is 9.93. The summed E-state index contributed by atoms with van der Waals surface area (Å²) in [6, 6.07) is 0. The van der Waals surface area contributed by atoms with Crippen molar-refractivity contribution in [2.45, 2.75) is 58.6 Å². The highest BCUT2D eigenvalue weighted by molar-refractivity contribution is 5.81. The molecule has 2 heterocycles. The molecule has 0 aromatic carbocycles. The van der Waals surface area contributed by atoms with Gasteiger partial charge in [-0.2, -0.15) is 5.10 Å². The number of hydrogen-bond donors (Lipinski definition) is 0. The van der Waals surface area contributed by atoms with E-state index in [2.05, 4.69) is 24.2 Å². The number of hydrogen-bond acceptors (Lipinski definition) is 3. The molecule has 3 rings (SSSR count). The van der Waals surface area contributed by atoms with Crippen molar-refractivity contribution in [1.29, 1.82) is 0 Å². The Bertz CT molecular complexity index is 614. The van der Waals surface area contributed by atoms with Gasteiger partial charge in [0.15, 0.2) is 0 Å². The fourth-order valence-corrected chi connectivity index (χ4v) is 3.78. The van der Waals surface area contributed by atoms with Gasteiger partial charge in [0.25, 0.3) is 5.91 Å². The highest BCUT2D eigenvalue weighted by Crippen LogP contribution is 2.24. The van der Waals surface area contributed by atoms with Crippen molar-refractivity contribution in [3.05, 3.63) is 29.1 Å². The SMILES string of the molecule is Cc1nn(C)c(C)c1CN(C[C@H]1CC=CCC1)C(=O)[C@H]1CCCO1. The Kier molecular flexibility index (Phi) is 5.39. The van der Waals surface area contributed by atoms with Gasteiger partial charge in [-0.25, -0.2) is 0 Å². The summed E-state index contributed by atoms with van der Waals surface area (Å²) in [5, 5.41) is 4.50. The lowest BCUT2D eigenvalue weighted by Crippen LogP contribution is -2.41. The predicted octanol–water partition coefficient (Wildman–Crippen LogP) is 2.90. The molecule has 24 heavy (non-hydrogen) atoms. The molecule has 0 N–H and O–H groups in total. The van der Waals surface area contributed by atoms with Crippen molar-refractivity contribution in [3.8, 4) is 0 Å². The van der Waals surface area contributed by atoms with E-state index in [1.807, 2.05) is 23.6 Å². The maximum absolute atomic E-state index is 13.0. The summed E-state index contributed by atoms with van der Waals surface area (Å²) in [6.07, 6.45) is 9.45. The van der Waals surface area contributed by atoms with Gasteiger partial charge in [-0.1, -0.05) is 12.2 Å². The second-order valence-electron chi connectivity index (χ2n) is 7.14. The van der Waals surface area contributed by atoms with Crippen molar-refractivity contribution in [2.24, 2.45) is 13.0 Å². The first kappa shape index (κ1) is 17.2. The van der Waals surface area contributed by atoms with Gasteiger partial charge in [0.2, 0.25) is 0 Å². The molecule has 0 unspecified atom stereocenters. The van der Waals surface area contributed by atoms with Crippen LogP contribution in [0.15, 0.2) is 12.2 Å². The minimum atomic E-state index is -0.249. The maximum Gasteiger partial charge on any atom is 0.252 e. The normalized spacial score (nSPS) is 23.6. The Balaban J connectivity index is 1.77. The van der Waals surface area contributed by atoms with E-state index in [0.29, 0.717) is 19.1 Å². The van der Waals surface area contributed by atoms with Gasteiger partial charge in [0.1, 0.15) is 6.10 Å². The standard InChI is InChI=1S/C19H29N3O2/c1-14-17(15(2)21(3)20-14)13-22(12-16-8-5-4-6-9-16)19(23)18-10-7-11-24-18/h4-5,16,18H,6-13H2,1-3H3/t16-,18+/m0/s1. The van der Waals surface area contributed by atoms with Crippen LogP contribution in [0.1, 0.15) is 49.1 Å². The van der Waals surface area contributed by atoms with E-state index in [1.54, 1.807) is 0 Å². The second kappa shape index (κ2) is 7.51. The van der Waals surface area contributed by atoms with Crippen LogP contribution in [-0.2, 0) is 23.1 Å². The van der Waals surface area contributed by atoms with Crippen LogP contribution in [-0.4, -0.2) is 39.8 Å². The topological polar surface area (TPSA) is 47.4 Å². The van der Waals surface area contributed by atoms with Crippen molar-refractivity contribution in [2.75, 3.05) is 13.2 Å². The van der Waals surface area contributed by atoms with Gasteiger partial charge in [0.05, 0.1) is 5.69 Å². The van der Waals surface area contributed by atoms with E-state index in [0.717, 1.165) is 50.0 Å². The lowest BCUT2D eigenvalue weighted by molar-refractivity contribution is -0.142. The van der Waals surface area contributed by atoms with Gasteiger partial charge in [-0.05, 0) is 51.9 Å². The molecule has 5 heteroatoms. The zero-order valence-corrected chi connectivity index (χ0v) is 15.1. The molecule has 0 saturated carbocycles. The van der Waals surface area contributed by atoms with Gasteiger partial charge in [-0.3, -0.25) is 9.48 Å². The van der Waals surface area contributed by atoms with Crippen LogP contribution in [0.2, 0.25) is 0 Å². The summed E-state index contributed by atoms with van der Waals surface area (Å²) in [5.41, 5.74) is 3.33. The van der Waals surface area contributed by atoms with Crippen LogP contribution in [0.3, 0.4) is 0 Å². The maximum atomic E-state index is 13.0. The average molecular weight is 331 g/mol. The summed E-state index contributed by atoms with van der Waals surface area (Å²) >= 11 is 0. The smallest absolute Gasteiger partial charge is 0.252 e. The Hall–Kier alpha value is -1.62. The summed E-state index contributed by atoms with van der Waals surface area (Å²) in [6.45, 7) is 6.27. The number of aromatic nitrogens is 2. The Morgan fingerprint density at radius 3 is 2.79 bits per heavy atom. The molecule has 1 amide bonds. The highest BCUT2D eigenvalue weighted by Gasteiger charge is 2.30. The zero-order chi connectivity index (χ0) is 17.1. The fraction of sp³-hybridized carbons (Fsp3) is 0.684. The second-order valence-corrected chi connectivity index (χ2v) is 7.14. The monoisotopic (exact) mass is 331 g/mol. The molecule has 0 radical (unpaired) electrons. The van der Waals surface area contributed by atoms with Gasteiger partial charge < -0.3 is 9.64 Å². The van der Waals surface area contributed by atoms with Crippen LogP contribution in [0, 0.1) is 19.8 Å². The molecule has 0 spiro atoms. The number of carbonyl (C=O) groups is 1. The summed E-state index contributed by atoms with van der Waals surface area (Å²) in [4.78, 5) is 15.0. The van der Waals surface area contributed by atoms with E-state index in [4.69, 9.17) is 4.74 Å². The van der Waals surface area contributed by atoms with E-state index in [9.17, 15) is 4.79 Å². The Morgan fingerprint density at radius 2 is 2.21 bits per heavy atom. The minimum Gasteiger partial charge on any atom is -0.368 e. The van der Waals surface area contributed by atoms with Crippen molar-refractivity contribution >= 4 is 5.91 Å². The molecule has 1 aliphatic carbocycles. The van der Waals surface area contributed by atoms with Crippen LogP contribution >= 0.6 is 0 Å². The van der Waals surface area contributed by atoms with Crippen LogP contribution < -0.4 is 0 Å². The Labute approximate surface area is 144 Å². The van der Waals surface area contributed by atoms with E-state index in [1.165, 1.54) is 5.56 Å². The molecule has 5 nitrogen and oxygen atoms in total. The first-order chi connectivity index (χ1) is 11.6. The molecule has 2 aliphatic rings. The Morgan fingerprint density at radius 1 is 1.38 bits per heavy atom. The third-order valence-corrected chi connectivity index (χ3v) is 5.38. The number of rotatable bonds is 5. The molecule has 2 atom stereocenters. The molecule has 1 aromatic heterocycles. The first-order valence-corrected chi connectivity index (χ1v) is 9.10. The molecular formula is C19H29N3O2. The van der Waals surface area contributed by atoms with Crippen LogP contribution in [0.5, 0.6) is 0 Å². The summed E-state index contributed by atoms with van der Waals surface area (Å²) in [7, 11) is 1.96. The van der Waals surface area contributed by atoms with Crippen molar-refractivity contribution in [1.82, 2.24) is 14.7 Å². The number of carbonyl (C=O) groups excluding carboxylic acids is 1. The lowest BCUT2D eigenvalue weighted by Gasteiger charge is -2.30. The zero-order valence-electron chi connectivity index (χ0n) is 15.1. The third-order valence-electron chi connectivity index (χ3n) is 5.38. The van der Waals surface area contributed by atoms with E-state index < -0.39 is 0 Å². The van der Waals surface area contributed by atoms with Crippen molar-refractivity contribution < 1.29 is 9.53 Å².